The fourth-order valence-electron chi connectivity index (χ4n) is 2.23. The maximum absolute atomic E-state index is 13.6. The van der Waals surface area contributed by atoms with Gasteiger partial charge in [0.05, 0.1) is 11.7 Å². The van der Waals surface area contributed by atoms with Gasteiger partial charge in [0, 0.05) is 12.4 Å². The average molecular weight is 346 g/mol. The molecule has 0 saturated heterocycles. The van der Waals surface area contributed by atoms with Gasteiger partial charge in [0.25, 0.3) is 5.91 Å². The summed E-state index contributed by atoms with van der Waals surface area (Å²) < 4.78 is 30.6. The van der Waals surface area contributed by atoms with E-state index in [0.717, 1.165) is 23.7 Å². The summed E-state index contributed by atoms with van der Waals surface area (Å²) in [5.74, 6) is -2.31. The van der Waals surface area contributed by atoms with Crippen molar-refractivity contribution in [2.45, 2.75) is 13.0 Å². The third-order valence-electron chi connectivity index (χ3n) is 3.43. The van der Waals surface area contributed by atoms with Gasteiger partial charge in [-0.3, -0.25) is 9.78 Å². The first kappa shape index (κ1) is 16.1. The van der Waals surface area contributed by atoms with Crippen LogP contribution in [-0.2, 0) is 0 Å². The molecule has 122 valence electrons. The molecule has 1 atom stereocenters. The first-order valence-electron chi connectivity index (χ1n) is 7.01. The molecule has 24 heavy (non-hydrogen) atoms. The number of hydrogen-bond donors (Lipinski definition) is 1. The van der Waals surface area contributed by atoms with Crippen LogP contribution in [0, 0.1) is 18.6 Å². The highest BCUT2D eigenvalue weighted by molar-refractivity contribution is 7.08. The molecule has 0 saturated carbocycles. The zero-order valence-electron chi connectivity index (χ0n) is 12.5. The second kappa shape index (κ2) is 6.79. The van der Waals surface area contributed by atoms with Crippen molar-refractivity contribution < 1.29 is 13.6 Å². The fourth-order valence-corrected chi connectivity index (χ4v) is 2.79. The Morgan fingerprint density at radius 2 is 2.04 bits per heavy atom. The van der Waals surface area contributed by atoms with Crippen LogP contribution in [0.1, 0.15) is 32.5 Å². The highest BCUT2D eigenvalue weighted by Crippen LogP contribution is 2.24. The number of carbonyl (C=O) groups excluding carboxylic acids is 1. The van der Waals surface area contributed by atoms with E-state index in [9.17, 15) is 13.6 Å². The molecule has 3 aromatic rings. The predicted octanol–water partition coefficient (Wildman–Crippen LogP) is 3.04. The van der Waals surface area contributed by atoms with Crippen LogP contribution in [0.3, 0.4) is 0 Å². The van der Waals surface area contributed by atoms with Gasteiger partial charge in [-0.1, -0.05) is 16.6 Å². The number of halogens is 2. The summed E-state index contributed by atoms with van der Waals surface area (Å²) in [5, 5.41) is 6.60. The Morgan fingerprint density at radius 3 is 2.67 bits per heavy atom. The molecule has 0 aliphatic rings. The van der Waals surface area contributed by atoms with Gasteiger partial charge in [0.2, 0.25) is 0 Å². The molecule has 0 fully saturated rings. The summed E-state index contributed by atoms with van der Waals surface area (Å²) >= 11 is 0.973. The minimum Gasteiger partial charge on any atom is -0.340 e. The fraction of sp³-hybridized carbons (Fsp3) is 0.125. The molecule has 0 bridgehead atoms. The lowest BCUT2D eigenvalue weighted by molar-refractivity contribution is 0.0946. The van der Waals surface area contributed by atoms with Gasteiger partial charge in [-0.25, -0.2) is 8.78 Å². The maximum atomic E-state index is 13.6. The lowest BCUT2D eigenvalue weighted by atomic mass is 9.99. The Labute approximate surface area is 140 Å². The third kappa shape index (κ3) is 3.28. The Bertz CT molecular complexity index is 870. The molecular weight excluding hydrogens is 334 g/mol. The molecule has 1 aromatic carbocycles. The zero-order valence-corrected chi connectivity index (χ0v) is 13.3. The Balaban J connectivity index is 1.98. The molecule has 0 aliphatic carbocycles. The molecule has 2 aromatic heterocycles. The highest BCUT2D eigenvalue weighted by Gasteiger charge is 2.22. The minimum atomic E-state index is -0.980. The van der Waals surface area contributed by atoms with Crippen molar-refractivity contribution in [3.63, 3.8) is 0 Å². The van der Waals surface area contributed by atoms with E-state index in [-0.39, 0.29) is 5.91 Å². The largest absolute Gasteiger partial charge is 0.340 e. The van der Waals surface area contributed by atoms with Crippen LogP contribution in [0.4, 0.5) is 8.78 Å². The summed E-state index contributed by atoms with van der Waals surface area (Å²) in [6.07, 6.45) is 3.15. The smallest absolute Gasteiger partial charge is 0.265 e. The maximum Gasteiger partial charge on any atom is 0.265 e. The Morgan fingerprint density at radius 1 is 1.21 bits per heavy atom. The van der Waals surface area contributed by atoms with Gasteiger partial charge in [0.1, 0.15) is 4.88 Å². The molecule has 1 amide bonds. The summed E-state index contributed by atoms with van der Waals surface area (Å²) in [5.41, 5.74) is 1.56. The first-order chi connectivity index (χ1) is 11.6. The van der Waals surface area contributed by atoms with E-state index in [1.807, 2.05) is 0 Å². The molecule has 2 heterocycles. The zero-order chi connectivity index (χ0) is 17.1. The Hall–Kier alpha value is -2.74. The van der Waals surface area contributed by atoms with E-state index in [1.165, 1.54) is 6.07 Å². The van der Waals surface area contributed by atoms with Crippen molar-refractivity contribution in [1.29, 1.82) is 0 Å². The third-order valence-corrected chi connectivity index (χ3v) is 4.25. The molecule has 1 N–H and O–H groups in total. The highest BCUT2D eigenvalue weighted by atomic mass is 32.1. The number of rotatable bonds is 4. The van der Waals surface area contributed by atoms with Gasteiger partial charge in [0.15, 0.2) is 11.6 Å². The van der Waals surface area contributed by atoms with Crippen LogP contribution in [0.25, 0.3) is 0 Å². The number of aromatic nitrogens is 3. The number of benzene rings is 1. The van der Waals surface area contributed by atoms with E-state index in [4.69, 9.17) is 0 Å². The van der Waals surface area contributed by atoms with E-state index in [0.29, 0.717) is 21.7 Å². The molecule has 0 radical (unpaired) electrons. The van der Waals surface area contributed by atoms with Crippen LogP contribution in [-0.4, -0.2) is 20.5 Å². The summed E-state index contributed by atoms with van der Waals surface area (Å²) in [7, 11) is 0. The van der Waals surface area contributed by atoms with Gasteiger partial charge in [-0.15, -0.1) is 5.10 Å². The van der Waals surface area contributed by atoms with Crippen LogP contribution in [0.5, 0.6) is 0 Å². The van der Waals surface area contributed by atoms with E-state index in [2.05, 4.69) is 19.9 Å². The molecule has 3 rings (SSSR count). The molecular formula is C16H12F2N4OS. The Kier molecular flexibility index (Phi) is 4.57. The predicted molar refractivity (Wildman–Crippen MR) is 84.6 cm³/mol. The monoisotopic (exact) mass is 346 g/mol. The van der Waals surface area contributed by atoms with Gasteiger partial charge in [-0.2, -0.15) is 0 Å². The van der Waals surface area contributed by atoms with E-state index >= 15 is 0 Å². The van der Waals surface area contributed by atoms with E-state index < -0.39 is 17.7 Å². The van der Waals surface area contributed by atoms with Crippen molar-refractivity contribution in [2.24, 2.45) is 0 Å². The topological polar surface area (TPSA) is 67.8 Å². The second-order valence-corrected chi connectivity index (χ2v) is 5.81. The number of carbonyl (C=O) groups is 1. The van der Waals surface area contributed by atoms with Crippen LogP contribution >= 0.6 is 11.5 Å². The second-order valence-electron chi connectivity index (χ2n) is 5.05. The van der Waals surface area contributed by atoms with Gasteiger partial charge >= 0.3 is 0 Å². The summed E-state index contributed by atoms with van der Waals surface area (Å²) in [6.45, 7) is 1.68. The van der Waals surface area contributed by atoms with Crippen LogP contribution in [0.15, 0.2) is 42.7 Å². The number of nitrogens with zero attached hydrogens (tertiary/aromatic N) is 3. The normalized spacial score (nSPS) is 12.0. The number of hydrogen-bond acceptors (Lipinski definition) is 5. The lowest BCUT2D eigenvalue weighted by Gasteiger charge is -2.19. The van der Waals surface area contributed by atoms with Gasteiger partial charge < -0.3 is 5.32 Å². The van der Waals surface area contributed by atoms with Crippen molar-refractivity contribution in [2.75, 3.05) is 0 Å². The number of aryl methyl sites for hydroxylation is 1. The summed E-state index contributed by atoms with van der Waals surface area (Å²) in [4.78, 5) is 16.9. The molecule has 5 nitrogen and oxygen atoms in total. The number of pyridine rings is 1. The standard InChI is InChI=1S/C16H12F2N4OS/c1-9-15(24-22-21-9)16(23)20-14(11-3-2-6-19-8-11)10-4-5-12(17)13(18)7-10/h2-8,14H,1H3,(H,20,23)/t14-/m1/s1. The van der Waals surface area contributed by atoms with E-state index in [1.54, 1.807) is 31.5 Å². The van der Waals surface area contributed by atoms with Crippen molar-refractivity contribution in [3.05, 3.63) is 76.1 Å². The molecule has 8 heteroatoms. The SMILES string of the molecule is Cc1nnsc1C(=O)N[C@@H](c1cccnc1)c1ccc(F)c(F)c1. The lowest BCUT2D eigenvalue weighted by Crippen LogP contribution is -2.29. The quantitative estimate of drug-likeness (QED) is 0.788. The van der Waals surface area contributed by atoms with Gasteiger partial charge in [-0.05, 0) is 47.8 Å². The number of amides is 1. The average Bonchev–Trinajstić information content (AvgIpc) is 3.02. The van der Waals surface area contributed by atoms with Crippen molar-refractivity contribution >= 4 is 17.4 Å². The molecule has 0 aliphatic heterocycles. The van der Waals surface area contributed by atoms with Crippen LogP contribution < -0.4 is 5.32 Å². The molecule has 0 unspecified atom stereocenters. The first-order valence-corrected chi connectivity index (χ1v) is 7.78. The minimum absolute atomic E-state index is 0.367. The summed E-state index contributed by atoms with van der Waals surface area (Å²) in [6, 6.07) is 6.28. The molecule has 0 spiro atoms. The van der Waals surface area contributed by atoms with Crippen molar-refractivity contribution in [3.8, 4) is 0 Å². The van der Waals surface area contributed by atoms with Crippen molar-refractivity contribution in [1.82, 2.24) is 19.9 Å². The van der Waals surface area contributed by atoms with Crippen LogP contribution in [0.2, 0.25) is 0 Å². The number of nitrogens with one attached hydrogen (secondary N) is 1.